The van der Waals surface area contributed by atoms with E-state index in [2.05, 4.69) is 25.5 Å². The summed E-state index contributed by atoms with van der Waals surface area (Å²) in [5, 5.41) is 5.28. The highest BCUT2D eigenvalue weighted by Gasteiger charge is 2.13. The van der Waals surface area contributed by atoms with Crippen LogP contribution in [0.4, 0.5) is 11.6 Å². The van der Waals surface area contributed by atoms with E-state index in [4.69, 9.17) is 0 Å². The molecule has 2 heterocycles. The average Bonchev–Trinajstić information content (AvgIpc) is 2.97. The summed E-state index contributed by atoms with van der Waals surface area (Å²) in [6.07, 6.45) is 8.01. The molecule has 7 nitrogen and oxygen atoms in total. The smallest absolute Gasteiger partial charge is 0.251 e. The molecule has 0 saturated carbocycles. The Balaban J connectivity index is 1.49. The van der Waals surface area contributed by atoms with E-state index in [1.54, 1.807) is 36.7 Å². The lowest BCUT2D eigenvalue weighted by atomic mass is 10.2. The van der Waals surface area contributed by atoms with Crippen molar-refractivity contribution in [2.75, 3.05) is 29.9 Å². The van der Waals surface area contributed by atoms with Crippen molar-refractivity contribution in [2.24, 2.45) is 0 Å². The molecule has 0 radical (unpaired) electrons. The summed E-state index contributed by atoms with van der Waals surface area (Å²) in [7, 11) is 0. The first-order valence-corrected chi connectivity index (χ1v) is 8.92. The van der Waals surface area contributed by atoms with Crippen molar-refractivity contribution in [3.63, 3.8) is 0 Å². The lowest BCUT2D eigenvalue weighted by Crippen LogP contribution is -2.33. The topological polar surface area (TPSA) is 87.2 Å². The standard InChI is InChI=1S/C19H23N5O2/c25-17(14-20-18(26)15-8-4-3-5-9-15)23-16-12-21-19(22-13-16)24-10-6-1-2-7-11-24/h3-5,8-9,12-13H,1-2,6-7,10-11,14H2,(H,20,26)(H,23,25). The Morgan fingerprint density at radius 1 is 0.962 bits per heavy atom. The minimum absolute atomic E-state index is 0.110. The lowest BCUT2D eigenvalue weighted by molar-refractivity contribution is -0.115. The monoisotopic (exact) mass is 353 g/mol. The molecule has 136 valence electrons. The highest BCUT2D eigenvalue weighted by Crippen LogP contribution is 2.16. The number of amides is 2. The zero-order valence-corrected chi connectivity index (χ0v) is 14.6. The Labute approximate surface area is 152 Å². The number of nitrogens with zero attached hydrogens (tertiary/aromatic N) is 3. The molecule has 1 aliphatic rings. The van der Waals surface area contributed by atoms with Crippen LogP contribution < -0.4 is 15.5 Å². The molecule has 0 atom stereocenters. The van der Waals surface area contributed by atoms with Crippen LogP contribution in [0.25, 0.3) is 0 Å². The molecule has 1 aromatic heterocycles. The summed E-state index contributed by atoms with van der Waals surface area (Å²) < 4.78 is 0. The van der Waals surface area contributed by atoms with Crippen LogP contribution >= 0.6 is 0 Å². The van der Waals surface area contributed by atoms with E-state index in [-0.39, 0.29) is 18.4 Å². The van der Waals surface area contributed by atoms with Crippen molar-refractivity contribution < 1.29 is 9.59 Å². The Bertz CT molecular complexity index is 725. The van der Waals surface area contributed by atoms with Gasteiger partial charge in [-0.05, 0) is 25.0 Å². The van der Waals surface area contributed by atoms with Gasteiger partial charge in [0.15, 0.2) is 0 Å². The number of benzene rings is 1. The molecule has 3 rings (SSSR count). The third kappa shape index (κ3) is 5.02. The summed E-state index contributed by atoms with van der Waals surface area (Å²) in [5.74, 6) is 0.0937. The molecule has 2 N–H and O–H groups in total. The zero-order chi connectivity index (χ0) is 18.2. The molecule has 0 unspecified atom stereocenters. The SMILES string of the molecule is O=C(CNC(=O)c1ccccc1)Nc1cnc(N2CCCCCC2)nc1. The van der Waals surface area contributed by atoms with Gasteiger partial charge >= 0.3 is 0 Å². The summed E-state index contributed by atoms with van der Waals surface area (Å²) in [6.45, 7) is 1.83. The van der Waals surface area contributed by atoms with Crippen LogP contribution in [-0.2, 0) is 4.79 Å². The molecule has 1 aromatic carbocycles. The van der Waals surface area contributed by atoms with E-state index < -0.39 is 0 Å². The molecule has 2 aromatic rings. The van der Waals surface area contributed by atoms with Crippen LogP contribution in [0.1, 0.15) is 36.0 Å². The van der Waals surface area contributed by atoms with Crippen molar-refractivity contribution in [2.45, 2.75) is 25.7 Å². The minimum atomic E-state index is -0.319. The van der Waals surface area contributed by atoms with Crippen LogP contribution in [0.2, 0.25) is 0 Å². The second kappa shape index (κ2) is 8.94. The van der Waals surface area contributed by atoms with Gasteiger partial charge in [-0.1, -0.05) is 31.0 Å². The normalized spacial score (nSPS) is 14.4. The van der Waals surface area contributed by atoms with Gasteiger partial charge in [0.1, 0.15) is 0 Å². The maximum atomic E-state index is 12.0. The highest BCUT2D eigenvalue weighted by atomic mass is 16.2. The van der Waals surface area contributed by atoms with Gasteiger partial charge in [0.25, 0.3) is 5.91 Å². The first-order chi connectivity index (χ1) is 12.7. The molecule has 1 fully saturated rings. The largest absolute Gasteiger partial charge is 0.343 e. The van der Waals surface area contributed by atoms with Crippen molar-refractivity contribution in [3.8, 4) is 0 Å². The fourth-order valence-corrected chi connectivity index (χ4v) is 2.88. The minimum Gasteiger partial charge on any atom is -0.343 e. The number of hydrogen-bond donors (Lipinski definition) is 2. The Morgan fingerprint density at radius 3 is 2.27 bits per heavy atom. The highest BCUT2D eigenvalue weighted by molar-refractivity contribution is 5.99. The van der Waals surface area contributed by atoms with Gasteiger partial charge in [0.05, 0.1) is 24.6 Å². The molecule has 0 bridgehead atoms. The molecule has 1 saturated heterocycles. The summed E-state index contributed by atoms with van der Waals surface area (Å²) >= 11 is 0. The summed E-state index contributed by atoms with van der Waals surface area (Å²) in [6, 6.07) is 8.78. The second-order valence-electron chi connectivity index (χ2n) is 6.27. The van der Waals surface area contributed by atoms with Gasteiger partial charge in [-0.25, -0.2) is 9.97 Å². The first-order valence-electron chi connectivity index (χ1n) is 8.92. The fraction of sp³-hybridized carbons (Fsp3) is 0.368. The molecule has 0 spiro atoms. The van der Waals surface area contributed by atoms with E-state index in [0.29, 0.717) is 17.2 Å². The predicted molar refractivity (Wildman–Crippen MR) is 100 cm³/mol. The number of nitrogens with one attached hydrogen (secondary N) is 2. The second-order valence-corrected chi connectivity index (χ2v) is 6.27. The third-order valence-corrected chi connectivity index (χ3v) is 4.26. The number of carbonyl (C=O) groups is 2. The van der Waals surface area contributed by atoms with Crippen molar-refractivity contribution in [1.29, 1.82) is 0 Å². The van der Waals surface area contributed by atoms with E-state index in [1.807, 2.05) is 6.07 Å². The maximum absolute atomic E-state index is 12.0. The number of hydrogen-bond acceptors (Lipinski definition) is 5. The number of aromatic nitrogens is 2. The van der Waals surface area contributed by atoms with Gasteiger partial charge in [0.2, 0.25) is 11.9 Å². The molecule has 2 amide bonds. The van der Waals surface area contributed by atoms with Crippen LogP contribution in [-0.4, -0.2) is 41.4 Å². The van der Waals surface area contributed by atoms with Gasteiger partial charge in [0, 0.05) is 18.7 Å². The van der Waals surface area contributed by atoms with Crippen molar-refractivity contribution >= 4 is 23.5 Å². The van der Waals surface area contributed by atoms with E-state index in [1.165, 1.54) is 12.8 Å². The van der Waals surface area contributed by atoms with E-state index >= 15 is 0 Å². The Kier molecular flexibility index (Phi) is 6.14. The number of carbonyl (C=O) groups excluding carboxylic acids is 2. The van der Waals surface area contributed by atoms with E-state index in [9.17, 15) is 9.59 Å². The summed E-state index contributed by atoms with van der Waals surface area (Å²) in [5.41, 5.74) is 1.04. The van der Waals surface area contributed by atoms with Gasteiger partial charge < -0.3 is 15.5 Å². The molecule has 0 aliphatic carbocycles. The van der Waals surface area contributed by atoms with E-state index in [0.717, 1.165) is 25.9 Å². The summed E-state index contributed by atoms with van der Waals surface area (Å²) in [4.78, 5) is 34.8. The molecular formula is C19H23N5O2. The number of anilines is 2. The van der Waals surface area contributed by atoms with Crippen LogP contribution in [0.15, 0.2) is 42.7 Å². The maximum Gasteiger partial charge on any atom is 0.251 e. The van der Waals surface area contributed by atoms with Gasteiger partial charge in [-0.3, -0.25) is 9.59 Å². The van der Waals surface area contributed by atoms with Gasteiger partial charge in [-0.15, -0.1) is 0 Å². The fourth-order valence-electron chi connectivity index (χ4n) is 2.88. The van der Waals surface area contributed by atoms with Crippen LogP contribution in [0.5, 0.6) is 0 Å². The average molecular weight is 353 g/mol. The first kappa shape index (κ1) is 17.8. The predicted octanol–water partition coefficient (Wildman–Crippen LogP) is 2.23. The van der Waals surface area contributed by atoms with Gasteiger partial charge in [-0.2, -0.15) is 0 Å². The van der Waals surface area contributed by atoms with Crippen LogP contribution in [0.3, 0.4) is 0 Å². The molecule has 26 heavy (non-hydrogen) atoms. The lowest BCUT2D eigenvalue weighted by Gasteiger charge is -2.19. The zero-order valence-electron chi connectivity index (χ0n) is 14.6. The van der Waals surface area contributed by atoms with Crippen molar-refractivity contribution in [3.05, 3.63) is 48.3 Å². The third-order valence-electron chi connectivity index (χ3n) is 4.26. The molecule has 1 aliphatic heterocycles. The van der Waals surface area contributed by atoms with Crippen molar-refractivity contribution in [1.82, 2.24) is 15.3 Å². The Morgan fingerprint density at radius 2 is 1.62 bits per heavy atom. The molecule has 7 heteroatoms. The Hall–Kier alpha value is -2.96. The van der Waals surface area contributed by atoms with Crippen LogP contribution in [0, 0.1) is 0 Å². The molecular weight excluding hydrogens is 330 g/mol. The number of rotatable bonds is 5. The quantitative estimate of drug-likeness (QED) is 0.861.